The van der Waals surface area contributed by atoms with Crippen LogP contribution in [0.1, 0.15) is 26.7 Å². The smallest absolute Gasteiger partial charge is 0.224 e. The van der Waals surface area contributed by atoms with Crippen molar-refractivity contribution in [2.24, 2.45) is 0 Å². The molecule has 0 saturated heterocycles. The van der Waals surface area contributed by atoms with E-state index in [1.165, 1.54) is 0 Å². The van der Waals surface area contributed by atoms with Gasteiger partial charge in [0.2, 0.25) is 5.91 Å². The monoisotopic (exact) mass is 241 g/mol. The molecule has 1 rings (SSSR count). The number of benzene rings is 1. The molecule has 88 valence electrons. The van der Waals surface area contributed by atoms with Gasteiger partial charge in [0, 0.05) is 11.4 Å². The second-order valence-electron chi connectivity index (χ2n) is 3.37. The summed E-state index contributed by atoms with van der Waals surface area (Å²) >= 11 is 5.87. The lowest BCUT2D eigenvalue weighted by atomic mass is 10.2. The zero-order chi connectivity index (χ0) is 12.0. The summed E-state index contributed by atoms with van der Waals surface area (Å²) in [6, 6.07) is 5.19. The van der Waals surface area contributed by atoms with E-state index in [0.717, 1.165) is 6.42 Å². The largest absolute Gasteiger partial charge is 0.492 e. The van der Waals surface area contributed by atoms with E-state index in [1.54, 1.807) is 18.2 Å². The number of rotatable bonds is 5. The first-order valence-electron chi connectivity index (χ1n) is 5.39. The molecule has 0 saturated carbocycles. The number of anilines is 1. The lowest BCUT2D eigenvalue weighted by Gasteiger charge is -2.11. The lowest BCUT2D eigenvalue weighted by Crippen LogP contribution is -2.11. The van der Waals surface area contributed by atoms with Crippen LogP contribution in [0.15, 0.2) is 18.2 Å². The number of nitrogens with one attached hydrogen (secondary N) is 1. The number of hydrogen-bond acceptors (Lipinski definition) is 2. The molecule has 0 radical (unpaired) electrons. The fraction of sp³-hybridized carbons (Fsp3) is 0.417. The third kappa shape index (κ3) is 3.74. The Morgan fingerprint density at radius 2 is 2.19 bits per heavy atom. The SMILES string of the molecule is CCCC(=O)Nc1cc(Cl)ccc1OCC. The molecule has 4 heteroatoms. The summed E-state index contributed by atoms with van der Waals surface area (Å²) in [4.78, 5) is 11.5. The molecule has 0 aliphatic heterocycles. The highest BCUT2D eigenvalue weighted by atomic mass is 35.5. The summed E-state index contributed by atoms with van der Waals surface area (Å²) in [6.07, 6.45) is 1.31. The van der Waals surface area contributed by atoms with Gasteiger partial charge in [0.15, 0.2) is 0 Å². The van der Waals surface area contributed by atoms with Crippen molar-refractivity contribution in [2.75, 3.05) is 11.9 Å². The minimum Gasteiger partial charge on any atom is -0.492 e. The van der Waals surface area contributed by atoms with Crippen LogP contribution < -0.4 is 10.1 Å². The van der Waals surface area contributed by atoms with Gasteiger partial charge in [-0.25, -0.2) is 0 Å². The van der Waals surface area contributed by atoms with E-state index in [1.807, 2.05) is 13.8 Å². The molecule has 16 heavy (non-hydrogen) atoms. The van der Waals surface area contributed by atoms with Crippen molar-refractivity contribution in [1.29, 1.82) is 0 Å². The summed E-state index contributed by atoms with van der Waals surface area (Å²) in [7, 11) is 0. The lowest BCUT2D eigenvalue weighted by molar-refractivity contribution is -0.116. The summed E-state index contributed by atoms with van der Waals surface area (Å²) in [5.74, 6) is 0.627. The molecule has 1 N–H and O–H groups in total. The number of hydrogen-bond donors (Lipinski definition) is 1. The molecule has 0 aliphatic rings. The maximum absolute atomic E-state index is 11.5. The Balaban J connectivity index is 2.82. The Hall–Kier alpha value is -1.22. The minimum absolute atomic E-state index is 0.0225. The number of halogens is 1. The van der Waals surface area contributed by atoms with Crippen LogP contribution in [-0.4, -0.2) is 12.5 Å². The van der Waals surface area contributed by atoms with Crippen LogP contribution in [0.2, 0.25) is 5.02 Å². The number of carbonyl (C=O) groups excluding carboxylic acids is 1. The average Bonchev–Trinajstić information content (AvgIpc) is 2.22. The number of ether oxygens (including phenoxy) is 1. The van der Waals surface area contributed by atoms with Crippen LogP contribution in [-0.2, 0) is 4.79 Å². The highest BCUT2D eigenvalue weighted by Gasteiger charge is 2.07. The van der Waals surface area contributed by atoms with Gasteiger partial charge in [0.1, 0.15) is 5.75 Å². The molecule has 0 heterocycles. The Labute approximate surface area is 101 Å². The molecule has 0 atom stereocenters. The van der Waals surface area contributed by atoms with Crippen LogP contribution in [0.5, 0.6) is 5.75 Å². The van der Waals surface area contributed by atoms with Gasteiger partial charge in [-0.1, -0.05) is 18.5 Å². The summed E-state index contributed by atoms with van der Waals surface area (Å²) < 4.78 is 5.40. The van der Waals surface area contributed by atoms with Gasteiger partial charge in [-0.3, -0.25) is 4.79 Å². The van der Waals surface area contributed by atoms with Gasteiger partial charge >= 0.3 is 0 Å². The molecule has 0 bridgehead atoms. The van der Waals surface area contributed by atoms with Crippen molar-refractivity contribution in [3.63, 3.8) is 0 Å². The second kappa shape index (κ2) is 6.38. The molecule has 0 aliphatic carbocycles. The molecule has 1 amide bonds. The first kappa shape index (κ1) is 12.8. The molecular formula is C12H16ClNO2. The van der Waals surface area contributed by atoms with Crippen LogP contribution in [0.4, 0.5) is 5.69 Å². The van der Waals surface area contributed by atoms with Crippen molar-refractivity contribution >= 4 is 23.2 Å². The van der Waals surface area contributed by atoms with Crippen molar-refractivity contribution in [3.05, 3.63) is 23.2 Å². The summed E-state index contributed by atoms with van der Waals surface area (Å²) in [5, 5.41) is 3.37. The molecule has 0 spiro atoms. The van der Waals surface area contributed by atoms with Gasteiger partial charge < -0.3 is 10.1 Å². The highest BCUT2D eigenvalue weighted by Crippen LogP contribution is 2.28. The minimum atomic E-state index is -0.0225. The summed E-state index contributed by atoms with van der Waals surface area (Å²) in [5.41, 5.74) is 0.632. The van der Waals surface area contributed by atoms with Crippen molar-refractivity contribution < 1.29 is 9.53 Å². The van der Waals surface area contributed by atoms with Gasteiger partial charge in [-0.2, -0.15) is 0 Å². The van der Waals surface area contributed by atoms with E-state index in [4.69, 9.17) is 16.3 Å². The van der Waals surface area contributed by atoms with Crippen LogP contribution >= 0.6 is 11.6 Å². The van der Waals surface area contributed by atoms with E-state index in [-0.39, 0.29) is 5.91 Å². The molecule has 3 nitrogen and oxygen atoms in total. The van der Waals surface area contributed by atoms with E-state index >= 15 is 0 Å². The predicted molar refractivity (Wildman–Crippen MR) is 66.2 cm³/mol. The Morgan fingerprint density at radius 1 is 1.44 bits per heavy atom. The molecule has 0 aromatic heterocycles. The van der Waals surface area contributed by atoms with E-state index in [9.17, 15) is 4.79 Å². The van der Waals surface area contributed by atoms with Gasteiger partial charge in [0.25, 0.3) is 0 Å². The topological polar surface area (TPSA) is 38.3 Å². The van der Waals surface area contributed by atoms with Gasteiger partial charge in [0.05, 0.1) is 12.3 Å². The Kier molecular flexibility index (Phi) is 5.12. The zero-order valence-corrected chi connectivity index (χ0v) is 10.3. The van der Waals surface area contributed by atoms with Crippen molar-refractivity contribution in [2.45, 2.75) is 26.7 Å². The van der Waals surface area contributed by atoms with E-state index < -0.39 is 0 Å². The molecular weight excluding hydrogens is 226 g/mol. The highest BCUT2D eigenvalue weighted by molar-refractivity contribution is 6.31. The Morgan fingerprint density at radius 3 is 2.81 bits per heavy atom. The molecule has 1 aromatic carbocycles. The second-order valence-corrected chi connectivity index (χ2v) is 3.81. The maximum Gasteiger partial charge on any atom is 0.224 e. The first-order valence-corrected chi connectivity index (χ1v) is 5.77. The van der Waals surface area contributed by atoms with Crippen LogP contribution in [0, 0.1) is 0 Å². The molecule has 1 aromatic rings. The third-order valence-electron chi connectivity index (χ3n) is 1.99. The number of amides is 1. The Bertz CT molecular complexity index is 366. The van der Waals surface area contributed by atoms with Crippen LogP contribution in [0.3, 0.4) is 0 Å². The average molecular weight is 242 g/mol. The standard InChI is InChI=1S/C12H16ClNO2/c1-3-5-12(15)14-10-8-9(13)6-7-11(10)16-4-2/h6-8H,3-5H2,1-2H3,(H,14,15). The fourth-order valence-corrected chi connectivity index (χ4v) is 1.49. The van der Waals surface area contributed by atoms with Gasteiger partial charge in [-0.05, 0) is 31.5 Å². The molecule has 0 unspecified atom stereocenters. The fourth-order valence-electron chi connectivity index (χ4n) is 1.32. The number of carbonyl (C=O) groups is 1. The quantitative estimate of drug-likeness (QED) is 0.857. The van der Waals surface area contributed by atoms with E-state index in [0.29, 0.717) is 29.5 Å². The van der Waals surface area contributed by atoms with E-state index in [2.05, 4.69) is 5.32 Å². The van der Waals surface area contributed by atoms with Crippen molar-refractivity contribution in [1.82, 2.24) is 0 Å². The van der Waals surface area contributed by atoms with Crippen LogP contribution in [0.25, 0.3) is 0 Å². The van der Waals surface area contributed by atoms with Crippen molar-refractivity contribution in [3.8, 4) is 5.75 Å². The predicted octanol–water partition coefficient (Wildman–Crippen LogP) is 3.48. The zero-order valence-electron chi connectivity index (χ0n) is 9.55. The van der Waals surface area contributed by atoms with Gasteiger partial charge in [-0.15, -0.1) is 0 Å². The summed E-state index contributed by atoms with van der Waals surface area (Å²) in [6.45, 7) is 4.41. The normalized spacial score (nSPS) is 9.94. The first-order chi connectivity index (χ1) is 7.67. The molecule has 0 fully saturated rings. The third-order valence-corrected chi connectivity index (χ3v) is 2.23. The maximum atomic E-state index is 11.5.